The van der Waals surface area contributed by atoms with E-state index in [4.69, 9.17) is 11.3 Å². The number of hydrogen-bond acceptors (Lipinski definition) is 4. The first-order chi connectivity index (χ1) is 15.3. The second-order valence-electron chi connectivity index (χ2n) is 6.88. The van der Waals surface area contributed by atoms with Crippen LogP contribution in [0.2, 0.25) is 0 Å². The predicted octanol–water partition coefficient (Wildman–Crippen LogP) is 5.56. The minimum absolute atomic E-state index is 0.00210. The van der Waals surface area contributed by atoms with Crippen LogP contribution < -0.4 is 10.1 Å². The molecule has 2 unspecified atom stereocenters. The fraction of sp³-hybridized carbons (Fsp3) is 0.261. The smallest absolute Gasteiger partial charge is 0.282 e. The van der Waals surface area contributed by atoms with Gasteiger partial charge in [0.1, 0.15) is 17.5 Å². The third-order valence-electron chi connectivity index (χ3n) is 4.95. The van der Waals surface area contributed by atoms with Crippen LogP contribution in [0.5, 0.6) is 5.75 Å². The van der Waals surface area contributed by atoms with Crippen LogP contribution in [0.1, 0.15) is 25.3 Å². The van der Waals surface area contributed by atoms with Gasteiger partial charge in [0.15, 0.2) is 16.7 Å². The molecule has 32 heavy (non-hydrogen) atoms. The summed E-state index contributed by atoms with van der Waals surface area (Å²) in [7, 11) is 1.45. The molecule has 0 aliphatic carbocycles. The Balaban J connectivity index is 2.17. The Morgan fingerprint density at radius 3 is 2.56 bits per heavy atom. The molecule has 0 fully saturated rings. The van der Waals surface area contributed by atoms with Gasteiger partial charge in [-0.2, -0.15) is 0 Å². The van der Waals surface area contributed by atoms with Crippen LogP contribution in [0.25, 0.3) is 4.85 Å². The summed E-state index contributed by atoms with van der Waals surface area (Å²) in [6.45, 7) is 11.1. The van der Waals surface area contributed by atoms with E-state index >= 15 is 0 Å². The third kappa shape index (κ3) is 4.50. The number of para-hydroxylation sites is 2. The maximum Gasteiger partial charge on any atom is 0.282 e. The van der Waals surface area contributed by atoms with Gasteiger partial charge >= 0.3 is 0 Å². The van der Waals surface area contributed by atoms with Gasteiger partial charge in [-0.25, -0.2) is 24.7 Å². The molecule has 9 heteroatoms. The largest absolute Gasteiger partial charge is 0.495 e. The summed E-state index contributed by atoms with van der Waals surface area (Å²) in [5, 5.41) is 3.10. The molecule has 2 aromatic carbocycles. The van der Waals surface area contributed by atoms with Crippen LogP contribution in [0.4, 0.5) is 18.9 Å². The Labute approximate surface area is 188 Å². The Morgan fingerprint density at radius 1 is 1.22 bits per heavy atom. The van der Waals surface area contributed by atoms with Gasteiger partial charge in [0.25, 0.3) is 11.9 Å². The van der Waals surface area contributed by atoms with Crippen molar-refractivity contribution in [1.82, 2.24) is 0 Å². The molecule has 5 nitrogen and oxygen atoms in total. The number of benzene rings is 2. The average Bonchev–Trinajstić information content (AvgIpc) is 2.76. The third-order valence-corrected chi connectivity index (χ3v) is 5.87. The highest BCUT2D eigenvalue weighted by Gasteiger charge is 2.44. The van der Waals surface area contributed by atoms with Crippen molar-refractivity contribution in [3.8, 4) is 5.75 Å². The first kappa shape index (κ1) is 23.4. The number of nitrogens with zero attached hydrogens (tertiary/aromatic N) is 2. The summed E-state index contributed by atoms with van der Waals surface area (Å²) < 4.78 is 47.7. The fourth-order valence-corrected chi connectivity index (χ4v) is 4.41. The van der Waals surface area contributed by atoms with E-state index in [1.807, 2.05) is 6.92 Å². The lowest BCUT2D eigenvalue weighted by molar-refractivity contribution is -0.113. The highest BCUT2D eigenvalue weighted by atomic mass is 32.2. The molecule has 0 bridgehead atoms. The molecular formula is C23H20F3N3O2S. The van der Waals surface area contributed by atoms with Crippen LogP contribution in [0.3, 0.4) is 0 Å². The molecule has 2 aromatic rings. The van der Waals surface area contributed by atoms with Crippen molar-refractivity contribution < 1.29 is 22.7 Å². The van der Waals surface area contributed by atoms with Crippen molar-refractivity contribution in [2.45, 2.75) is 25.8 Å². The first-order valence-electron chi connectivity index (χ1n) is 9.69. The average molecular weight is 459 g/mol. The Bertz CT molecular complexity index is 1160. The molecule has 166 valence electrons. The molecule has 1 aliphatic heterocycles. The number of thioether (sulfide) groups is 1. The van der Waals surface area contributed by atoms with Gasteiger partial charge in [0, 0.05) is 17.3 Å². The quantitative estimate of drug-likeness (QED) is 0.470. The van der Waals surface area contributed by atoms with E-state index < -0.39 is 35.3 Å². The summed E-state index contributed by atoms with van der Waals surface area (Å²) in [4.78, 5) is 21.3. The van der Waals surface area contributed by atoms with E-state index in [9.17, 15) is 18.0 Å². The van der Waals surface area contributed by atoms with Crippen molar-refractivity contribution in [2.75, 3.05) is 18.2 Å². The van der Waals surface area contributed by atoms with Gasteiger partial charge in [-0.15, -0.1) is 11.8 Å². The zero-order chi connectivity index (χ0) is 23.4. The molecular weight excluding hydrogens is 439 g/mol. The summed E-state index contributed by atoms with van der Waals surface area (Å²) >= 11 is 1.28. The number of allylic oxidation sites excluding steroid dienone is 1. The van der Waals surface area contributed by atoms with Gasteiger partial charge in [-0.1, -0.05) is 19.1 Å². The molecule has 1 amide bonds. The lowest BCUT2D eigenvalue weighted by Gasteiger charge is -2.27. The predicted molar refractivity (Wildman–Crippen MR) is 119 cm³/mol. The molecule has 0 saturated heterocycles. The van der Waals surface area contributed by atoms with Crippen molar-refractivity contribution in [2.24, 2.45) is 4.99 Å². The SMILES string of the molecule is [C-]#[N+]C1C(SCC)=NC(C)=C(C(=O)Nc2ccccc2OC)C1c1cc(F)c(F)cc1F. The number of carbonyl (C=O) groups excluding carboxylic acids is 1. The zero-order valence-electron chi connectivity index (χ0n) is 17.6. The van der Waals surface area contributed by atoms with Crippen molar-refractivity contribution in [1.29, 1.82) is 0 Å². The second-order valence-corrected chi connectivity index (χ2v) is 8.16. The summed E-state index contributed by atoms with van der Waals surface area (Å²) in [6, 6.07) is 6.76. The van der Waals surface area contributed by atoms with Gasteiger partial charge in [0.2, 0.25) is 0 Å². The summed E-state index contributed by atoms with van der Waals surface area (Å²) in [6.07, 6.45) is 0. The molecule has 2 atom stereocenters. The molecule has 0 saturated carbocycles. The minimum Gasteiger partial charge on any atom is -0.495 e. The standard InChI is InChI=1S/C23H20F3N3O2S/c1-5-32-23-21(27-3)20(13-10-15(25)16(26)11-14(13)24)19(12(2)28-23)22(30)29-17-8-6-7-9-18(17)31-4/h6-11,20-21H,5H2,1-2,4H3,(H,29,30). The Morgan fingerprint density at radius 2 is 1.91 bits per heavy atom. The number of aliphatic imine (C=N–C) groups is 1. The zero-order valence-corrected chi connectivity index (χ0v) is 18.4. The normalized spacial score (nSPS) is 18.1. The number of halogens is 3. The number of nitrogens with one attached hydrogen (secondary N) is 1. The van der Waals surface area contributed by atoms with Crippen molar-refractivity contribution in [3.63, 3.8) is 0 Å². The fourth-order valence-electron chi connectivity index (χ4n) is 3.56. The summed E-state index contributed by atoms with van der Waals surface area (Å²) in [5.74, 6) is -4.48. The summed E-state index contributed by atoms with van der Waals surface area (Å²) in [5.41, 5.74) is 0.352. The van der Waals surface area contributed by atoms with Crippen LogP contribution in [-0.4, -0.2) is 29.9 Å². The number of hydrogen-bond donors (Lipinski definition) is 1. The number of anilines is 1. The molecule has 1 heterocycles. The highest BCUT2D eigenvalue weighted by molar-refractivity contribution is 8.14. The molecule has 3 rings (SSSR count). The van der Waals surface area contributed by atoms with Gasteiger partial charge in [0.05, 0.1) is 18.4 Å². The van der Waals surface area contributed by atoms with Crippen LogP contribution in [0, 0.1) is 24.0 Å². The minimum atomic E-state index is -1.35. The van der Waals surface area contributed by atoms with E-state index in [0.717, 1.165) is 0 Å². The number of amides is 1. The Kier molecular flexibility index (Phi) is 7.26. The van der Waals surface area contributed by atoms with Gasteiger partial charge < -0.3 is 14.9 Å². The van der Waals surface area contributed by atoms with Gasteiger partial charge in [-0.3, -0.25) is 4.79 Å². The number of methoxy groups -OCH3 is 1. The molecule has 0 aromatic heterocycles. The maximum absolute atomic E-state index is 14.8. The van der Waals surface area contributed by atoms with Crippen LogP contribution in [-0.2, 0) is 4.79 Å². The number of rotatable bonds is 5. The monoisotopic (exact) mass is 459 g/mol. The number of ether oxygens (including phenoxy) is 1. The van der Waals surface area contributed by atoms with E-state index in [-0.39, 0.29) is 16.8 Å². The van der Waals surface area contributed by atoms with Crippen LogP contribution in [0.15, 0.2) is 52.7 Å². The number of carbonyl (C=O) groups is 1. The van der Waals surface area contributed by atoms with E-state index in [0.29, 0.717) is 34.4 Å². The lowest BCUT2D eigenvalue weighted by Crippen LogP contribution is -2.34. The Hall–Kier alpha value is -3.25. The van der Waals surface area contributed by atoms with Crippen molar-refractivity contribution in [3.05, 3.63) is 82.1 Å². The molecule has 0 radical (unpaired) electrons. The van der Waals surface area contributed by atoms with E-state index in [1.54, 1.807) is 31.2 Å². The van der Waals surface area contributed by atoms with E-state index in [1.165, 1.54) is 18.9 Å². The second kappa shape index (κ2) is 9.92. The lowest BCUT2D eigenvalue weighted by atomic mass is 9.81. The van der Waals surface area contributed by atoms with Crippen molar-refractivity contribution >= 4 is 28.4 Å². The molecule has 0 spiro atoms. The van der Waals surface area contributed by atoms with Crippen LogP contribution >= 0.6 is 11.8 Å². The highest BCUT2D eigenvalue weighted by Crippen LogP contribution is 2.41. The first-order valence-corrected chi connectivity index (χ1v) is 10.7. The van der Waals surface area contributed by atoms with E-state index in [2.05, 4.69) is 15.2 Å². The van der Waals surface area contributed by atoms with Gasteiger partial charge in [-0.05, 0) is 30.9 Å². The molecule has 1 aliphatic rings. The molecule has 1 N–H and O–H groups in total. The maximum atomic E-state index is 14.8. The topological polar surface area (TPSA) is 55.0 Å².